The van der Waals surface area contributed by atoms with Gasteiger partial charge in [0.2, 0.25) is 0 Å². The molecule has 0 atom stereocenters. The van der Waals surface area contributed by atoms with Crippen LogP contribution in [-0.4, -0.2) is 31.9 Å². The van der Waals surface area contributed by atoms with Crippen molar-refractivity contribution in [1.82, 2.24) is 20.1 Å². The molecule has 1 aliphatic rings. The molecule has 2 aromatic heterocycles. The first kappa shape index (κ1) is 13.4. The van der Waals surface area contributed by atoms with Gasteiger partial charge in [-0.2, -0.15) is 5.10 Å². The number of fused-ring (bicyclic) bond motifs is 3. The summed E-state index contributed by atoms with van der Waals surface area (Å²) in [5.74, 6) is -0.609. The van der Waals surface area contributed by atoms with E-state index in [1.54, 1.807) is 0 Å². The molecule has 0 spiro atoms. The number of nitrogens with zero attached hydrogens (tertiary/aromatic N) is 3. The molecule has 0 aliphatic carbocycles. The number of aromatic nitrogens is 3. The van der Waals surface area contributed by atoms with Crippen LogP contribution < -0.4 is 0 Å². The highest BCUT2D eigenvalue weighted by Crippen LogP contribution is 2.29. The zero-order chi connectivity index (χ0) is 15.3. The lowest BCUT2D eigenvalue weighted by Gasteiger charge is -2.13. The highest BCUT2D eigenvalue weighted by molar-refractivity contribution is 14.1. The van der Waals surface area contributed by atoms with Crippen LogP contribution in [0.25, 0.3) is 11.0 Å². The first-order valence-corrected chi connectivity index (χ1v) is 7.66. The molecule has 3 aromatic rings. The molecule has 0 saturated heterocycles. The number of hydrogen-bond donors (Lipinski definition) is 1. The molecular formula is C15H9IN4O2. The van der Waals surface area contributed by atoms with Gasteiger partial charge in [-0.05, 0) is 40.3 Å². The number of hydrogen-bond acceptors (Lipinski definition) is 4. The van der Waals surface area contributed by atoms with Crippen LogP contribution in [0.3, 0.4) is 0 Å². The Bertz CT molecular complexity index is 934. The largest absolute Gasteiger partial charge is 0.270 e. The Morgan fingerprint density at radius 2 is 2.05 bits per heavy atom. The number of aromatic amines is 1. The second-order valence-corrected chi connectivity index (χ2v) is 6.25. The number of carbonyl (C=O) groups is 2. The van der Waals surface area contributed by atoms with E-state index in [0.29, 0.717) is 22.2 Å². The molecular weight excluding hydrogens is 395 g/mol. The fourth-order valence-corrected chi connectivity index (χ4v) is 3.23. The lowest BCUT2D eigenvalue weighted by molar-refractivity contribution is 0.0643. The smallest absolute Gasteiger partial charge is 0.263 e. The Balaban J connectivity index is 1.77. The van der Waals surface area contributed by atoms with Crippen molar-refractivity contribution in [2.75, 3.05) is 0 Å². The fourth-order valence-electron chi connectivity index (χ4n) is 2.63. The molecule has 4 rings (SSSR count). The van der Waals surface area contributed by atoms with E-state index >= 15 is 0 Å². The Hall–Kier alpha value is -2.29. The lowest BCUT2D eigenvalue weighted by Crippen LogP contribution is -2.29. The number of carbonyl (C=O) groups excluding carboxylic acids is 2. The number of halogens is 1. The molecule has 0 fully saturated rings. The van der Waals surface area contributed by atoms with Gasteiger partial charge >= 0.3 is 0 Å². The van der Waals surface area contributed by atoms with E-state index in [1.807, 2.05) is 24.3 Å². The number of pyridine rings is 1. The number of benzene rings is 1. The van der Waals surface area contributed by atoms with Gasteiger partial charge < -0.3 is 0 Å². The van der Waals surface area contributed by atoms with Crippen LogP contribution in [0, 0.1) is 3.57 Å². The summed E-state index contributed by atoms with van der Waals surface area (Å²) in [6, 6.07) is 7.73. The highest BCUT2D eigenvalue weighted by atomic mass is 127. The van der Waals surface area contributed by atoms with Crippen molar-refractivity contribution in [2.45, 2.75) is 6.54 Å². The van der Waals surface area contributed by atoms with E-state index in [-0.39, 0.29) is 18.4 Å². The average molecular weight is 404 g/mol. The van der Waals surface area contributed by atoms with Gasteiger partial charge in [-0.25, -0.2) is 4.98 Å². The monoisotopic (exact) mass is 404 g/mol. The van der Waals surface area contributed by atoms with Gasteiger partial charge in [0, 0.05) is 9.77 Å². The van der Waals surface area contributed by atoms with Crippen molar-refractivity contribution in [3.05, 3.63) is 56.9 Å². The second kappa shape index (κ2) is 4.87. The first-order valence-electron chi connectivity index (χ1n) is 6.58. The van der Waals surface area contributed by atoms with Crippen molar-refractivity contribution in [2.24, 2.45) is 0 Å². The summed E-state index contributed by atoms with van der Waals surface area (Å²) >= 11 is 2.20. The highest BCUT2D eigenvalue weighted by Gasteiger charge is 2.37. The third-order valence-corrected chi connectivity index (χ3v) is 4.32. The van der Waals surface area contributed by atoms with Crippen LogP contribution in [0.5, 0.6) is 0 Å². The first-order chi connectivity index (χ1) is 10.6. The summed E-state index contributed by atoms with van der Waals surface area (Å²) in [4.78, 5) is 30.5. The van der Waals surface area contributed by atoms with Gasteiger partial charge in [-0.15, -0.1) is 0 Å². The van der Waals surface area contributed by atoms with Crippen LogP contribution in [0.4, 0.5) is 0 Å². The van der Waals surface area contributed by atoms with Crippen molar-refractivity contribution in [1.29, 1.82) is 0 Å². The summed E-state index contributed by atoms with van der Waals surface area (Å²) in [5.41, 5.74) is 2.15. The minimum atomic E-state index is -0.311. The summed E-state index contributed by atoms with van der Waals surface area (Å²) in [5, 5.41) is 7.19. The topological polar surface area (TPSA) is 79.0 Å². The molecule has 3 heterocycles. The van der Waals surface area contributed by atoms with Crippen LogP contribution in [0.2, 0.25) is 0 Å². The number of rotatable bonds is 2. The lowest BCUT2D eigenvalue weighted by atomic mass is 10.1. The minimum Gasteiger partial charge on any atom is -0.270 e. The Morgan fingerprint density at radius 1 is 1.18 bits per heavy atom. The van der Waals surface area contributed by atoms with E-state index in [4.69, 9.17) is 0 Å². The fraction of sp³-hybridized carbons (Fsp3) is 0.0667. The molecule has 22 heavy (non-hydrogen) atoms. The molecule has 6 nitrogen and oxygen atoms in total. The van der Waals surface area contributed by atoms with Gasteiger partial charge in [0.15, 0.2) is 5.65 Å². The zero-order valence-electron chi connectivity index (χ0n) is 11.2. The van der Waals surface area contributed by atoms with Gasteiger partial charge in [0.1, 0.15) is 0 Å². The van der Waals surface area contributed by atoms with Crippen LogP contribution in [0.15, 0.2) is 36.7 Å². The molecule has 108 valence electrons. The predicted octanol–water partition coefficient (Wildman–Crippen LogP) is 2.36. The summed E-state index contributed by atoms with van der Waals surface area (Å²) in [7, 11) is 0. The van der Waals surface area contributed by atoms with E-state index < -0.39 is 0 Å². The number of H-pyrrole nitrogens is 1. The molecule has 0 radical (unpaired) electrons. The van der Waals surface area contributed by atoms with Gasteiger partial charge in [-0.1, -0.05) is 12.1 Å². The van der Waals surface area contributed by atoms with Crippen molar-refractivity contribution in [3.8, 4) is 0 Å². The Kier molecular flexibility index (Phi) is 2.96. The molecule has 1 N–H and O–H groups in total. The number of amides is 2. The van der Waals surface area contributed by atoms with Crippen molar-refractivity contribution in [3.63, 3.8) is 0 Å². The summed E-state index contributed by atoms with van der Waals surface area (Å²) < 4.78 is 1.06. The van der Waals surface area contributed by atoms with Crippen LogP contribution >= 0.6 is 22.6 Å². The molecule has 0 saturated carbocycles. The maximum Gasteiger partial charge on any atom is 0.263 e. The standard InChI is InChI=1S/C15H9IN4O2/c16-9-3-1-2-8(4-9)7-20-14(21)11-5-17-13-10(6-18-19-13)12(11)15(20)22/h1-6H,7H2,(H,17,18,19). The van der Waals surface area contributed by atoms with Gasteiger partial charge in [-0.3, -0.25) is 19.6 Å². The van der Waals surface area contributed by atoms with E-state index in [0.717, 1.165) is 9.13 Å². The van der Waals surface area contributed by atoms with E-state index in [9.17, 15) is 9.59 Å². The molecule has 1 aromatic carbocycles. The molecule has 0 bridgehead atoms. The number of imide groups is 1. The maximum absolute atomic E-state index is 12.6. The van der Waals surface area contributed by atoms with Crippen LogP contribution in [-0.2, 0) is 6.54 Å². The molecule has 1 aliphatic heterocycles. The predicted molar refractivity (Wildman–Crippen MR) is 87.3 cm³/mol. The Labute approximate surface area is 138 Å². The molecule has 0 unspecified atom stereocenters. The van der Waals surface area contributed by atoms with Crippen molar-refractivity contribution >= 4 is 45.4 Å². The van der Waals surface area contributed by atoms with Crippen LogP contribution in [0.1, 0.15) is 26.3 Å². The normalized spacial score (nSPS) is 14.0. The minimum absolute atomic E-state index is 0.253. The third-order valence-electron chi connectivity index (χ3n) is 3.64. The summed E-state index contributed by atoms with van der Waals surface area (Å²) in [6.07, 6.45) is 2.96. The van der Waals surface area contributed by atoms with Crippen molar-refractivity contribution < 1.29 is 9.59 Å². The Morgan fingerprint density at radius 3 is 2.86 bits per heavy atom. The quantitative estimate of drug-likeness (QED) is 0.526. The molecule has 2 amide bonds. The van der Waals surface area contributed by atoms with E-state index in [1.165, 1.54) is 17.3 Å². The third kappa shape index (κ3) is 1.92. The average Bonchev–Trinajstić information content (AvgIpc) is 3.06. The maximum atomic E-state index is 12.6. The van der Waals surface area contributed by atoms with E-state index in [2.05, 4.69) is 37.8 Å². The summed E-state index contributed by atoms with van der Waals surface area (Å²) in [6.45, 7) is 0.253. The van der Waals surface area contributed by atoms with Gasteiger partial charge in [0.05, 0.1) is 29.3 Å². The molecule has 7 heteroatoms. The second-order valence-electron chi connectivity index (χ2n) is 5.01. The zero-order valence-corrected chi connectivity index (χ0v) is 13.4. The SMILES string of the molecule is O=C1c2cnc3[nH]ncc3c2C(=O)N1Cc1cccc(I)c1. The van der Waals surface area contributed by atoms with Gasteiger partial charge in [0.25, 0.3) is 11.8 Å². The number of nitrogens with one attached hydrogen (secondary N) is 1.